The molecule has 100 valence electrons. The number of nitrogens with zero attached hydrogens (tertiary/aromatic N) is 3. The molecule has 0 fully saturated rings. The molecule has 5 nitrogen and oxygen atoms in total. The number of aromatic nitrogens is 2. The van der Waals surface area contributed by atoms with E-state index in [-0.39, 0.29) is 0 Å². The van der Waals surface area contributed by atoms with Crippen molar-refractivity contribution in [2.45, 2.75) is 0 Å². The van der Waals surface area contributed by atoms with E-state index in [1.165, 1.54) is 0 Å². The summed E-state index contributed by atoms with van der Waals surface area (Å²) in [6.45, 7) is 1.31. The molecule has 0 unspecified atom stereocenters. The lowest BCUT2D eigenvalue weighted by Crippen LogP contribution is -2.26. The standard InChI is InChI=1S/C14H18N4O/c1-18(8-7-15)14-16-9-11(10-17-14)12-5-3-4-6-13(12)19-2/h3-6,9-10H,7-8,15H2,1-2H3. The SMILES string of the molecule is COc1ccccc1-c1cnc(N(C)CCN)nc1. The minimum atomic E-state index is 0.577. The quantitative estimate of drug-likeness (QED) is 0.881. The van der Waals surface area contributed by atoms with Crippen LogP contribution < -0.4 is 15.4 Å². The first kappa shape index (κ1) is 13.3. The van der Waals surface area contributed by atoms with Crippen LogP contribution in [0.3, 0.4) is 0 Å². The molecule has 0 radical (unpaired) electrons. The van der Waals surface area contributed by atoms with E-state index < -0.39 is 0 Å². The van der Waals surface area contributed by atoms with Crippen molar-refractivity contribution in [2.24, 2.45) is 5.73 Å². The Morgan fingerprint density at radius 1 is 1.21 bits per heavy atom. The predicted molar refractivity (Wildman–Crippen MR) is 76.3 cm³/mol. The molecule has 0 amide bonds. The van der Waals surface area contributed by atoms with Crippen LogP contribution in [0.15, 0.2) is 36.7 Å². The Hall–Kier alpha value is -2.14. The first-order valence-electron chi connectivity index (χ1n) is 6.13. The lowest BCUT2D eigenvalue weighted by Gasteiger charge is -2.15. The Morgan fingerprint density at radius 3 is 2.53 bits per heavy atom. The van der Waals surface area contributed by atoms with E-state index in [0.717, 1.165) is 23.4 Å². The number of ether oxygens (including phenoxy) is 1. The third-order valence-electron chi connectivity index (χ3n) is 2.86. The van der Waals surface area contributed by atoms with E-state index in [1.54, 1.807) is 19.5 Å². The van der Waals surface area contributed by atoms with Gasteiger partial charge in [0.05, 0.1) is 7.11 Å². The van der Waals surface area contributed by atoms with E-state index in [9.17, 15) is 0 Å². The Morgan fingerprint density at radius 2 is 1.89 bits per heavy atom. The summed E-state index contributed by atoms with van der Waals surface area (Å²) in [4.78, 5) is 10.6. The average molecular weight is 258 g/mol. The fourth-order valence-electron chi connectivity index (χ4n) is 1.83. The zero-order chi connectivity index (χ0) is 13.7. The maximum Gasteiger partial charge on any atom is 0.225 e. The van der Waals surface area contributed by atoms with Gasteiger partial charge in [-0.05, 0) is 6.07 Å². The molecule has 0 saturated carbocycles. The average Bonchev–Trinajstić information content (AvgIpc) is 2.47. The van der Waals surface area contributed by atoms with Gasteiger partial charge < -0.3 is 15.4 Å². The van der Waals surface area contributed by atoms with Crippen LogP contribution in [-0.4, -0.2) is 37.2 Å². The number of likely N-dealkylation sites (N-methyl/N-ethyl adjacent to an activating group) is 1. The van der Waals surface area contributed by atoms with Crippen LogP contribution >= 0.6 is 0 Å². The van der Waals surface area contributed by atoms with Crippen LogP contribution in [0, 0.1) is 0 Å². The molecule has 0 saturated heterocycles. The van der Waals surface area contributed by atoms with Crippen molar-refractivity contribution in [1.82, 2.24) is 9.97 Å². The van der Waals surface area contributed by atoms with Crippen LogP contribution in [0.1, 0.15) is 0 Å². The number of hydrogen-bond acceptors (Lipinski definition) is 5. The minimum absolute atomic E-state index is 0.577. The van der Waals surface area contributed by atoms with E-state index >= 15 is 0 Å². The maximum atomic E-state index is 5.51. The first-order chi connectivity index (χ1) is 9.26. The van der Waals surface area contributed by atoms with Gasteiger partial charge in [0, 0.05) is 43.7 Å². The Labute approximate surface area is 113 Å². The Kier molecular flexibility index (Phi) is 4.30. The monoisotopic (exact) mass is 258 g/mol. The molecule has 2 aromatic rings. The molecule has 0 aliphatic carbocycles. The smallest absolute Gasteiger partial charge is 0.225 e. The van der Waals surface area contributed by atoms with Gasteiger partial charge in [-0.3, -0.25) is 0 Å². The maximum absolute atomic E-state index is 5.51. The van der Waals surface area contributed by atoms with E-state index in [0.29, 0.717) is 12.5 Å². The molecule has 1 aromatic carbocycles. The molecule has 1 aromatic heterocycles. The zero-order valence-corrected chi connectivity index (χ0v) is 11.2. The second kappa shape index (κ2) is 6.15. The predicted octanol–water partition coefficient (Wildman–Crippen LogP) is 1.55. The van der Waals surface area contributed by atoms with Crippen molar-refractivity contribution >= 4 is 5.95 Å². The molecule has 0 spiro atoms. The van der Waals surface area contributed by atoms with Crippen molar-refractivity contribution in [1.29, 1.82) is 0 Å². The summed E-state index contributed by atoms with van der Waals surface area (Å²) in [5.41, 5.74) is 7.43. The summed E-state index contributed by atoms with van der Waals surface area (Å²) in [7, 11) is 3.58. The van der Waals surface area contributed by atoms with E-state index in [4.69, 9.17) is 10.5 Å². The highest BCUT2D eigenvalue weighted by Crippen LogP contribution is 2.28. The second-order valence-electron chi connectivity index (χ2n) is 4.18. The highest BCUT2D eigenvalue weighted by Gasteiger charge is 2.07. The zero-order valence-electron chi connectivity index (χ0n) is 11.2. The molecule has 1 heterocycles. The third-order valence-corrected chi connectivity index (χ3v) is 2.86. The summed E-state index contributed by atoms with van der Waals surface area (Å²) in [5.74, 6) is 1.48. The normalized spacial score (nSPS) is 10.3. The molecule has 0 aliphatic heterocycles. The number of hydrogen-bond donors (Lipinski definition) is 1. The molecule has 0 aliphatic rings. The minimum Gasteiger partial charge on any atom is -0.496 e. The summed E-state index contributed by atoms with van der Waals surface area (Å²) < 4.78 is 5.33. The Bertz CT molecular complexity index is 527. The number of methoxy groups -OCH3 is 1. The van der Waals surface area contributed by atoms with Gasteiger partial charge in [-0.1, -0.05) is 18.2 Å². The van der Waals surface area contributed by atoms with Crippen LogP contribution in [0.2, 0.25) is 0 Å². The lowest BCUT2D eigenvalue weighted by molar-refractivity contribution is 0.416. The Balaban J connectivity index is 2.27. The van der Waals surface area contributed by atoms with Crippen molar-refractivity contribution in [3.05, 3.63) is 36.7 Å². The summed E-state index contributed by atoms with van der Waals surface area (Å²) in [6, 6.07) is 7.81. The van der Waals surface area contributed by atoms with Crippen molar-refractivity contribution in [2.75, 3.05) is 32.1 Å². The molecule has 2 N–H and O–H groups in total. The van der Waals surface area contributed by atoms with Gasteiger partial charge in [0.1, 0.15) is 5.75 Å². The fraction of sp³-hybridized carbons (Fsp3) is 0.286. The van der Waals surface area contributed by atoms with Gasteiger partial charge in [0.15, 0.2) is 0 Å². The number of rotatable bonds is 5. The number of para-hydroxylation sites is 1. The van der Waals surface area contributed by atoms with Crippen molar-refractivity contribution < 1.29 is 4.74 Å². The highest BCUT2D eigenvalue weighted by atomic mass is 16.5. The van der Waals surface area contributed by atoms with E-state index in [2.05, 4.69) is 9.97 Å². The van der Waals surface area contributed by atoms with Gasteiger partial charge in [-0.2, -0.15) is 0 Å². The largest absolute Gasteiger partial charge is 0.496 e. The van der Waals surface area contributed by atoms with Crippen LogP contribution in [-0.2, 0) is 0 Å². The number of benzene rings is 1. The summed E-state index contributed by atoms with van der Waals surface area (Å²) >= 11 is 0. The molecule has 0 atom stereocenters. The molecular formula is C14H18N4O. The van der Waals surface area contributed by atoms with Crippen molar-refractivity contribution in [3.8, 4) is 16.9 Å². The van der Waals surface area contributed by atoms with Gasteiger partial charge in [0.2, 0.25) is 5.95 Å². The first-order valence-corrected chi connectivity index (χ1v) is 6.13. The topological polar surface area (TPSA) is 64.3 Å². The summed E-state index contributed by atoms with van der Waals surface area (Å²) in [6.07, 6.45) is 3.60. The molecule has 0 bridgehead atoms. The second-order valence-corrected chi connectivity index (χ2v) is 4.18. The summed E-state index contributed by atoms with van der Waals surface area (Å²) in [5, 5.41) is 0. The van der Waals surface area contributed by atoms with Gasteiger partial charge >= 0.3 is 0 Å². The van der Waals surface area contributed by atoms with E-state index in [1.807, 2.05) is 36.2 Å². The highest BCUT2D eigenvalue weighted by molar-refractivity contribution is 5.69. The molecule has 5 heteroatoms. The lowest BCUT2D eigenvalue weighted by atomic mass is 10.1. The van der Waals surface area contributed by atoms with Gasteiger partial charge in [-0.25, -0.2) is 9.97 Å². The van der Waals surface area contributed by atoms with Gasteiger partial charge in [0.25, 0.3) is 0 Å². The number of nitrogens with two attached hydrogens (primary N) is 1. The molecule has 19 heavy (non-hydrogen) atoms. The van der Waals surface area contributed by atoms with Crippen molar-refractivity contribution in [3.63, 3.8) is 0 Å². The molecular weight excluding hydrogens is 240 g/mol. The fourth-order valence-corrected chi connectivity index (χ4v) is 1.83. The van der Waals surface area contributed by atoms with Crippen LogP contribution in [0.5, 0.6) is 5.75 Å². The number of anilines is 1. The molecule has 2 rings (SSSR count). The van der Waals surface area contributed by atoms with Crippen LogP contribution in [0.4, 0.5) is 5.95 Å². The van der Waals surface area contributed by atoms with Gasteiger partial charge in [-0.15, -0.1) is 0 Å². The third kappa shape index (κ3) is 3.00. The van der Waals surface area contributed by atoms with Crippen LogP contribution in [0.25, 0.3) is 11.1 Å².